The molecule has 0 aliphatic carbocycles. The van der Waals surface area contributed by atoms with E-state index in [0.29, 0.717) is 0 Å². The first-order chi connectivity index (χ1) is 27.2. The Bertz CT molecular complexity index is 3010. The van der Waals surface area contributed by atoms with Gasteiger partial charge in [-0.2, -0.15) is 0 Å². The van der Waals surface area contributed by atoms with Gasteiger partial charge in [0.05, 0.1) is 0 Å². The van der Waals surface area contributed by atoms with Gasteiger partial charge in [-0.25, -0.2) is 0 Å². The number of aryl methyl sites for hydroxylation is 1. The highest BCUT2D eigenvalue weighted by atomic mass is 16.3. The van der Waals surface area contributed by atoms with Gasteiger partial charge in [0.15, 0.2) is 0 Å². The molecule has 10 rings (SSSR count). The van der Waals surface area contributed by atoms with E-state index in [9.17, 15) is 0 Å². The molecule has 2 heterocycles. The lowest BCUT2D eigenvalue weighted by Gasteiger charge is -2.25. The van der Waals surface area contributed by atoms with Crippen LogP contribution in [0.15, 0.2) is 185 Å². The topological polar surface area (TPSA) is 29.5 Å². The van der Waals surface area contributed by atoms with Crippen LogP contribution in [0.3, 0.4) is 0 Å². The van der Waals surface area contributed by atoms with Crippen molar-refractivity contribution in [2.75, 3.05) is 4.90 Å². The van der Waals surface area contributed by atoms with Gasteiger partial charge in [0.1, 0.15) is 22.3 Å². The molecule has 0 aliphatic heterocycles. The van der Waals surface area contributed by atoms with Gasteiger partial charge in [0, 0.05) is 56.3 Å². The average Bonchev–Trinajstić information content (AvgIpc) is 3.81. The zero-order valence-corrected chi connectivity index (χ0v) is 30.9. The van der Waals surface area contributed by atoms with Crippen LogP contribution < -0.4 is 4.90 Å². The van der Waals surface area contributed by atoms with Crippen LogP contribution in [0.4, 0.5) is 17.1 Å². The quantitative estimate of drug-likeness (QED) is 0.157. The van der Waals surface area contributed by atoms with E-state index >= 15 is 0 Å². The second kappa shape index (κ2) is 13.5. The van der Waals surface area contributed by atoms with Crippen LogP contribution in [0.1, 0.15) is 25.0 Å². The van der Waals surface area contributed by atoms with Crippen molar-refractivity contribution in [1.29, 1.82) is 0 Å². The normalized spacial score (nSPS) is 11.6. The minimum atomic E-state index is 0.849. The number of rotatable bonds is 8. The van der Waals surface area contributed by atoms with Crippen molar-refractivity contribution in [2.24, 2.45) is 0 Å². The highest BCUT2D eigenvalue weighted by Crippen LogP contribution is 2.46. The molecule has 0 fully saturated rings. The summed E-state index contributed by atoms with van der Waals surface area (Å²) in [6, 6.07) is 62.7. The summed E-state index contributed by atoms with van der Waals surface area (Å²) < 4.78 is 13.5. The number of benzene rings is 8. The van der Waals surface area contributed by atoms with Gasteiger partial charge in [-0.05, 0) is 106 Å². The maximum absolute atomic E-state index is 7.10. The van der Waals surface area contributed by atoms with Crippen LogP contribution in [-0.2, 0) is 12.8 Å². The zero-order valence-electron chi connectivity index (χ0n) is 30.9. The number of furan rings is 2. The molecule has 0 unspecified atom stereocenters. The van der Waals surface area contributed by atoms with Crippen LogP contribution in [0.2, 0.25) is 0 Å². The molecule has 0 aliphatic rings. The maximum atomic E-state index is 7.10. The lowest BCUT2D eigenvalue weighted by Crippen LogP contribution is -2.09. The van der Waals surface area contributed by atoms with E-state index in [-0.39, 0.29) is 0 Å². The number of anilines is 3. The predicted octanol–water partition coefficient (Wildman–Crippen LogP) is 15.1. The molecule has 0 bridgehead atoms. The first-order valence-corrected chi connectivity index (χ1v) is 19.2. The first kappa shape index (κ1) is 32.8. The molecule has 2 aromatic heterocycles. The van der Waals surface area contributed by atoms with Crippen molar-refractivity contribution in [2.45, 2.75) is 26.7 Å². The summed E-state index contributed by atoms with van der Waals surface area (Å²) in [5.41, 5.74) is 16.5. The lowest BCUT2D eigenvalue weighted by molar-refractivity contribution is 0.669. The van der Waals surface area contributed by atoms with Crippen molar-refractivity contribution >= 4 is 60.9 Å². The molecule has 0 radical (unpaired) electrons. The Labute approximate surface area is 320 Å². The third-order valence-corrected chi connectivity index (χ3v) is 11.0. The average molecular weight is 710 g/mol. The molecule has 0 saturated carbocycles. The van der Waals surface area contributed by atoms with E-state index < -0.39 is 0 Å². The van der Waals surface area contributed by atoms with Crippen LogP contribution in [0.5, 0.6) is 0 Å². The molecule has 0 spiro atoms. The predicted molar refractivity (Wildman–Crippen MR) is 231 cm³/mol. The van der Waals surface area contributed by atoms with Gasteiger partial charge >= 0.3 is 0 Å². The van der Waals surface area contributed by atoms with Crippen molar-refractivity contribution in [3.05, 3.63) is 187 Å². The van der Waals surface area contributed by atoms with E-state index in [1.165, 1.54) is 33.4 Å². The van der Waals surface area contributed by atoms with E-state index in [2.05, 4.69) is 183 Å². The number of hydrogen-bond acceptors (Lipinski definition) is 3. The van der Waals surface area contributed by atoms with Crippen LogP contribution in [-0.4, -0.2) is 0 Å². The molecule has 3 heteroatoms. The summed E-state index contributed by atoms with van der Waals surface area (Å²) >= 11 is 0. The smallest absolute Gasteiger partial charge is 0.143 e. The molecule has 3 nitrogen and oxygen atoms in total. The number of nitrogens with zero attached hydrogens (tertiary/aromatic N) is 1. The van der Waals surface area contributed by atoms with Crippen molar-refractivity contribution in [3.63, 3.8) is 0 Å². The fourth-order valence-electron chi connectivity index (χ4n) is 8.44. The Morgan fingerprint density at radius 3 is 1.78 bits per heavy atom. The number of fused-ring (bicyclic) bond motifs is 6. The summed E-state index contributed by atoms with van der Waals surface area (Å²) in [6.45, 7) is 4.51. The maximum Gasteiger partial charge on any atom is 0.143 e. The summed E-state index contributed by atoms with van der Waals surface area (Å²) in [5, 5.41) is 4.44. The fourth-order valence-corrected chi connectivity index (χ4v) is 8.44. The highest BCUT2D eigenvalue weighted by Gasteiger charge is 2.23. The van der Waals surface area contributed by atoms with Crippen LogP contribution >= 0.6 is 0 Å². The van der Waals surface area contributed by atoms with Crippen molar-refractivity contribution in [3.8, 4) is 33.4 Å². The summed E-state index contributed by atoms with van der Waals surface area (Å²) in [6.07, 6.45) is 1.82. The molecule has 0 saturated heterocycles. The van der Waals surface area contributed by atoms with Gasteiger partial charge in [-0.3, -0.25) is 0 Å². The van der Waals surface area contributed by atoms with Gasteiger partial charge in [-0.15, -0.1) is 0 Å². The van der Waals surface area contributed by atoms with Crippen LogP contribution in [0.25, 0.3) is 77.3 Å². The highest BCUT2D eigenvalue weighted by molar-refractivity contribution is 6.13. The van der Waals surface area contributed by atoms with Gasteiger partial charge in [0.25, 0.3) is 0 Å². The molecular formula is C52H39NO2. The summed E-state index contributed by atoms with van der Waals surface area (Å²) in [5.74, 6) is 0. The summed E-state index contributed by atoms with van der Waals surface area (Å²) in [7, 11) is 0. The Morgan fingerprint density at radius 2 is 1.02 bits per heavy atom. The Kier molecular flexibility index (Phi) is 8.07. The minimum Gasteiger partial charge on any atom is -0.456 e. The van der Waals surface area contributed by atoms with Crippen molar-refractivity contribution < 1.29 is 8.83 Å². The number of para-hydroxylation sites is 2. The SMILES string of the molecule is CCc1ccccc1-c1cc2c(oc3cc(N(c4ccccc4)c4ccc5c(c4)oc4ccccc45)ccc32)c(-c2cccc(-c3ccccc3)c2)c1CC. The third-order valence-electron chi connectivity index (χ3n) is 11.0. The van der Waals surface area contributed by atoms with Crippen molar-refractivity contribution in [1.82, 2.24) is 0 Å². The standard InChI is InChI=1S/C52H39NO2/c1-3-34-16-11-12-23-42(34)46-33-47-45-29-27-40(53(38-21-9-6-10-22-38)39-26-28-44-43-24-13-14-25-48(43)54-49(44)31-39)32-50(45)55-52(47)51(41(46)4-2)37-20-15-19-36(30-37)35-17-7-5-8-18-35/h5-33H,3-4H2,1-2H3. The summed E-state index contributed by atoms with van der Waals surface area (Å²) in [4.78, 5) is 2.28. The molecule has 264 valence electrons. The molecule has 0 amide bonds. The molecule has 55 heavy (non-hydrogen) atoms. The molecule has 0 N–H and O–H groups in total. The first-order valence-electron chi connectivity index (χ1n) is 19.2. The Morgan fingerprint density at radius 1 is 0.400 bits per heavy atom. The molecule has 0 atom stereocenters. The molecule has 8 aromatic carbocycles. The van der Waals surface area contributed by atoms with Crippen LogP contribution in [0, 0.1) is 0 Å². The second-order valence-electron chi connectivity index (χ2n) is 14.2. The zero-order chi connectivity index (χ0) is 36.9. The second-order valence-corrected chi connectivity index (χ2v) is 14.2. The number of hydrogen-bond donors (Lipinski definition) is 0. The minimum absolute atomic E-state index is 0.849. The molecule has 10 aromatic rings. The third kappa shape index (κ3) is 5.59. The van der Waals surface area contributed by atoms with E-state index in [1.807, 2.05) is 12.1 Å². The van der Waals surface area contributed by atoms with E-state index in [0.717, 1.165) is 84.9 Å². The monoisotopic (exact) mass is 709 g/mol. The Balaban J connectivity index is 1.21. The van der Waals surface area contributed by atoms with Gasteiger partial charge < -0.3 is 13.7 Å². The van der Waals surface area contributed by atoms with Gasteiger partial charge in [0.2, 0.25) is 0 Å². The van der Waals surface area contributed by atoms with Gasteiger partial charge in [-0.1, -0.05) is 123 Å². The fraction of sp³-hybridized carbons (Fsp3) is 0.0769. The lowest BCUT2D eigenvalue weighted by atomic mass is 9.85. The van der Waals surface area contributed by atoms with E-state index in [1.54, 1.807) is 0 Å². The largest absolute Gasteiger partial charge is 0.456 e. The Hall–Kier alpha value is -6.84. The molecular weight excluding hydrogens is 671 g/mol. The van der Waals surface area contributed by atoms with E-state index in [4.69, 9.17) is 8.83 Å².